The van der Waals surface area contributed by atoms with Crippen molar-refractivity contribution in [2.24, 2.45) is 0 Å². The number of quaternary nitrogens is 1. The fourth-order valence-electron chi connectivity index (χ4n) is 9.04. The number of aliphatic carboxylic acids is 1. The molecule has 2 unspecified atom stereocenters. The van der Waals surface area contributed by atoms with Gasteiger partial charge in [-0.1, -0.05) is 265 Å². The van der Waals surface area contributed by atoms with E-state index in [0.29, 0.717) is 17.4 Å². The molecule has 0 bridgehead atoms. The Kier molecular flexibility index (Phi) is 58.4. The zero-order chi connectivity index (χ0) is 58.3. The molecule has 9 heteroatoms. The van der Waals surface area contributed by atoms with Crippen molar-refractivity contribution in [3.05, 3.63) is 97.2 Å². The number of nitrogens with zero attached hydrogens (tertiary/aromatic N) is 1. The monoisotopic (exact) mass is 1120 g/mol. The van der Waals surface area contributed by atoms with Crippen LogP contribution in [0.2, 0.25) is 0 Å². The van der Waals surface area contributed by atoms with Crippen molar-refractivity contribution < 1.29 is 42.9 Å². The quantitative estimate of drug-likeness (QED) is 0.0195. The van der Waals surface area contributed by atoms with E-state index in [0.717, 1.165) is 96.3 Å². The number of allylic oxidation sites excluding steroid dienone is 16. The van der Waals surface area contributed by atoms with Crippen LogP contribution in [0.15, 0.2) is 97.2 Å². The average molecular weight is 1120 g/mol. The highest BCUT2D eigenvalue weighted by Crippen LogP contribution is 2.17. The third-order valence-corrected chi connectivity index (χ3v) is 14.1. The number of carbonyl (C=O) groups excluding carboxylic acids is 3. The maximum atomic E-state index is 12.9. The first kappa shape index (κ1) is 76.2. The lowest BCUT2D eigenvalue weighted by atomic mass is 10.0. The summed E-state index contributed by atoms with van der Waals surface area (Å²) >= 11 is 0. The minimum Gasteiger partial charge on any atom is -0.545 e. The third kappa shape index (κ3) is 61.8. The van der Waals surface area contributed by atoms with Gasteiger partial charge >= 0.3 is 11.9 Å². The molecule has 0 aromatic heterocycles. The maximum absolute atomic E-state index is 12.9. The number of hydrogen-bond donors (Lipinski definition) is 0. The molecule has 0 aliphatic carbocycles. The van der Waals surface area contributed by atoms with Crippen molar-refractivity contribution in [3.8, 4) is 0 Å². The summed E-state index contributed by atoms with van der Waals surface area (Å²) in [5.74, 6) is -2.29. The van der Waals surface area contributed by atoms with Crippen LogP contribution in [-0.2, 0) is 33.3 Å². The summed E-state index contributed by atoms with van der Waals surface area (Å²) in [5.41, 5.74) is 0. The molecule has 80 heavy (non-hydrogen) atoms. The van der Waals surface area contributed by atoms with Crippen molar-refractivity contribution in [2.45, 2.75) is 289 Å². The van der Waals surface area contributed by atoms with E-state index >= 15 is 0 Å². The Morgan fingerprint density at radius 3 is 1.07 bits per heavy atom. The highest BCUT2D eigenvalue weighted by Gasteiger charge is 2.22. The van der Waals surface area contributed by atoms with Crippen LogP contribution in [0.3, 0.4) is 0 Å². The number of hydrogen-bond acceptors (Lipinski definition) is 8. The van der Waals surface area contributed by atoms with E-state index in [9.17, 15) is 19.5 Å². The van der Waals surface area contributed by atoms with E-state index < -0.39 is 24.3 Å². The normalized spacial score (nSPS) is 13.4. The van der Waals surface area contributed by atoms with Gasteiger partial charge in [0.2, 0.25) is 0 Å². The predicted molar refractivity (Wildman–Crippen MR) is 338 cm³/mol. The van der Waals surface area contributed by atoms with E-state index in [1.807, 2.05) is 21.1 Å². The van der Waals surface area contributed by atoms with Crippen molar-refractivity contribution >= 4 is 17.9 Å². The van der Waals surface area contributed by atoms with Gasteiger partial charge in [0, 0.05) is 12.8 Å². The summed E-state index contributed by atoms with van der Waals surface area (Å²) in [4.78, 5) is 37.3. The van der Waals surface area contributed by atoms with Crippen LogP contribution in [0.1, 0.15) is 277 Å². The molecule has 0 fully saturated rings. The largest absolute Gasteiger partial charge is 0.545 e. The Hall–Kier alpha value is -3.79. The highest BCUT2D eigenvalue weighted by atomic mass is 16.7. The summed E-state index contributed by atoms with van der Waals surface area (Å²) in [6.45, 7) is 4.63. The third-order valence-electron chi connectivity index (χ3n) is 14.1. The van der Waals surface area contributed by atoms with Crippen molar-refractivity contribution in [1.29, 1.82) is 0 Å². The number of unbranched alkanes of at least 4 members (excludes halogenated alkanes) is 29. The summed E-state index contributed by atoms with van der Waals surface area (Å²) in [6, 6.07) is 0. The predicted octanol–water partition coefficient (Wildman–Crippen LogP) is 18.7. The SMILES string of the molecule is CC/C=C\C/C=C\C/C=C\C/C=C\C/C=C\C/C=C\C/C=C\CCCCCCCCCCCCCCCCCCCCCC(=O)OC(COC(=O)CCCCCCC/C=C\CCCCCCC)COC(OCC[N+](C)(C)C)C(=O)[O-]. The molecule has 0 saturated heterocycles. The molecule has 0 aliphatic heterocycles. The van der Waals surface area contributed by atoms with Gasteiger partial charge in [-0.25, -0.2) is 0 Å². The first-order chi connectivity index (χ1) is 39.1. The minimum absolute atomic E-state index is 0.145. The van der Waals surface area contributed by atoms with Gasteiger partial charge in [-0.3, -0.25) is 9.59 Å². The molecule has 460 valence electrons. The van der Waals surface area contributed by atoms with Gasteiger partial charge < -0.3 is 33.3 Å². The van der Waals surface area contributed by atoms with Crippen molar-refractivity contribution in [3.63, 3.8) is 0 Å². The summed E-state index contributed by atoms with van der Waals surface area (Å²) in [7, 11) is 5.92. The number of esters is 2. The Morgan fingerprint density at radius 2 is 0.713 bits per heavy atom. The fourth-order valence-corrected chi connectivity index (χ4v) is 9.04. The molecular formula is C71H123NO8. The second kappa shape index (κ2) is 61.3. The lowest BCUT2D eigenvalue weighted by molar-refractivity contribution is -0.870. The molecular weight excluding hydrogens is 995 g/mol. The average Bonchev–Trinajstić information content (AvgIpc) is 3.43. The summed E-state index contributed by atoms with van der Waals surface area (Å²) < 4.78 is 22.7. The first-order valence-corrected chi connectivity index (χ1v) is 32.9. The molecule has 0 aromatic rings. The molecule has 0 aliphatic rings. The molecule has 0 heterocycles. The first-order valence-electron chi connectivity index (χ1n) is 32.9. The molecule has 2 atom stereocenters. The van der Waals surface area contributed by atoms with E-state index in [1.165, 1.54) is 148 Å². The van der Waals surface area contributed by atoms with Gasteiger partial charge in [-0.05, 0) is 96.3 Å². The van der Waals surface area contributed by atoms with Crippen LogP contribution in [0.5, 0.6) is 0 Å². The van der Waals surface area contributed by atoms with Crippen LogP contribution in [0.4, 0.5) is 0 Å². The van der Waals surface area contributed by atoms with Gasteiger partial charge in [-0.15, -0.1) is 0 Å². The summed E-state index contributed by atoms with van der Waals surface area (Å²) in [5, 5.41) is 11.8. The standard InChI is InChI=1S/C71H123NO8/c1-6-8-10-12-14-16-18-20-22-23-24-25-26-27-28-29-30-31-32-33-34-35-36-37-38-39-40-41-42-43-44-45-46-47-48-50-52-54-56-58-60-62-69(74)80-67(66-79-71(70(75)76)77-64-63-72(3,4)5)65-78-68(73)61-59-57-55-53-51-49-21-19-17-15-13-11-9-7-2/h8,10,14,16,19-22,24-25,27-28,30-31,33-34,67,71H,6-7,9,11-13,15,17-18,23,26,29,32,35-66H2,1-5H3/b10-8-,16-14-,21-19-,22-20-,25-24-,28-27-,31-30-,34-33-. The van der Waals surface area contributed by atoms with E-state index in [1.54, 1.807) is 0 Å². The fraction of sp³-hybridized carbons (Fsp3) is 0.732. The van der Waals surface area contributed by atoms with E-state index in [4.69, 9.17) is 18.9 Å². The topological polar surface area (TPSA) is 111 Å². The van der Waals surface area contributed by atoms with Gasteiger partial charge in [0.1, 0.15) is 13.2 Å². The molecule has 0 N–H and O–H groups in total. The number of likely N-dealkylation sites (N-methyl/N-ethyl adjacent to an activating group) is 1. The zero-order valence-corrected chi connectivity index (χ0v) is 52.4. The number of ether oxygens (including phenoxy) is 4. The molecule has 0 amide bonds. The lowest BCUT2D eigenvalue weighted by Gasteiger charge is -2.26. The van der Waals surface area contributed by atoms with Crippen LogP contribution < -0.4 is 5.11 Å². The molecule has 0 rings (SSSR count). The number of rotatable bonds is 60. The maximum Gasteiger partial charge on any atom is 0.306 e. The van der Waals surface area contributed by atoms with Crippen LogP contribution in [0.25, 0.3) is 0 Å². The summed E-state index contributed by atoms with van der Waals surface area (Å²) in [6.07, 6.45) is 80.6. The van der Waals surface area contributed by atoms with Crippen LogP contribution in [0, 0.1) is 0 Å². The van der Waals surface area contributed by atoms with E-state index in [-0.39, 0.29) is 38.6 Å². The van der Waals surface area contributed by atoms with Gasteiger partial charge in [-0.2, -0.15) is 0 Å². The second-order valence-electron chi connectivity index (χ2n) is 23.0. The molecule has 9 nitrogen and oxygen atoms in total. The Bertz CT molecular complexity index is 1630. The van der Waals surface area contributed by atoms with E-state index in [2.05, 4.69) is 111 Å². The smallest absolute Gasteiger partial charge is 0.306 e. The highest BCUT2D eigenvalue weighted by molar-refractivity contribution is 5.70. The van der Waals surface area contributed by atoms with Gasteiger partial charge in [0.25, 0.3) is 0 Å². The van der Waals surface area contributed by atoms with Gasteiger partial charge in [0.05, 0.1) is 40.3 Å². The molecule has 0 radical (unpaired) electrons. The molecule has 0 aromatic carbocycles. The minimum atomic E-state index is -1.62. The van der Waals surface area contributed by atoms with Gasteiger partial charge in [0.15, 0.2) is 12.4 Å². The van der Waals surface area contributed by atoms with Crippen molar-refractivity contribution in [1.82, 2.24) is 0 Å². The lowest BCUT2D eigenvalue weighted by Crippen LogP contribution is -2.44. The van der Waals surface area contributed by atoms with Crippen molar-refractivity contribution in [2.75, 3.05) is 47.5 Å². The van der Waals surface area contributed by atoms with Crippen LogP contribution >= 0.6 is 0 Å². The number of carbonyl (C=O) groups is 3. The number of carboxylic acids is 1. The second-order valence-corrected chi connectivity index (χ2v) is 23.0. The molecule has 0 saturated carbocycles. The Morgan fingerprint density at radius 1 is 0.388 bits per heavy atom. The Balaban J connectivity index is 3.99. The Labute approximate surface area is 492 Å². The van der Waals surface area contributed by atoms with Crippen LogP contribution in [-0.4, -0.2) is 82.3 Å². The molecule has 0 spiro atoms. The zero-order valence-electron chi connectivity index (χ0n) is 52.4. The number of carboxylic acid groups (broad SMARTS) is 1.